The van der Waals surface area contributed by atoms with Crippen molar-refractivity contribution in [3.8, 4) is 17.6 Å². The number of carbonyl (C=O) groups is 1. The molecule has 0 aliphatic heterocycles. The van der Waals surface area contributed by atoms with Gasteiger partial charge in [-0.3, -0.25) is 4.79 Å². The molecule has 0 heterocycles. The van der Waals surface area contributed by atoms with Gasteiger partial charge in [-0.05, 0) is 29.8 Å². The Balaban J connectivity index is 1.52. The Morgan fingerprint density at radius 2 is 1.77 bits per heavy atom. The molecule has 0 saturated heterocycles. The fourth-order valence-corrected chi connectivity index (χ4v) is 3.20. The zero-order valence-corrected chi connectivity index (χ0v) is 15.3. The van der Waals surface area contributed by atoms with Crippen molar-refractivity contribution in [1.29, 1.82) is 0 Å². The van der Waals surface area contributed by atoms with Crippen LogP contribution >= 0.6 is 11.8 Å². The molecule has 0 unspecified atom stereocenters. The Kier molecular flexibility index (Phi) is 6.19. The minimum atomic E-state index is -0.112. The lowest BCUT2D eigenvalue weighted by molar-refractivity contribution is 0.0956. The first-order chi connectivity index (χ1) is 12.8. The van der Waals surface area contributed by atoms with Crippen LogP contribution in [0.4, 0.5) is 0 Å². The van der Waals surface area contributed by atoms with Crippen LogP contribution in [0.25, 0.3) is 10.8 Å². The molecule has 3 aromatic rings. The molecule has 0 aliphatic rings. The molecular formula is C22H19NO2S. The van der Waals surface area contributed by atoms with Crippen LogP contribution in [-0.4, -0.2) is 25.3 Å². The zero-order chi connectivity index (χ0) is 18.2. The summed E-state index contributed by atoms with van der Waals surface area (Å²) in [5.74, 6) is 6.57. The molecule has 26 heavy (non-hydrogen) atoms. The van der Waals surface area contributed by atoms with Crippen LogP contribution in [0.3, 0.4) is 0 Å². The lowest BCUT2D eigenvalue weighted by Crippen LogP contribution is -2.24. The van der Waals surface area contributed by atoms with E-state index in [2.05, 4.69) is 29.3 Å². The van der Waals surface area contributed by atoms with Crippen LogP contribution in [0.2, 0.25) is 0 Å². The van der Waals surface area contributed by atoms with Crippen molar-refractivity contribution in [2.45, 2.75) is 4.90 Å². The highest BCUT2D eigenvalue weighted by Crippen LogP contribution is 2.24. The minimum Gasteiger partial charge on any atom is -0.480 e. The zero-order valence-electron chi connectivity index (χ0n) is 14.5. The Labute approximate surface area is 157 Å². The molecule has 3 rings (SSSR count). The molecule has 0 saturated carbocycles. The summed E-state index contributed by atoms with van der Waals surface area (Å²) in [6.07, 6.45) is 1.95. The van der Waals surface area contributed by atoms with Crippen molar-refractivity contribution in [3.63, 3.8) is 0 Å². The lowest BCUT2D eigenvalue weighted by atomic mass is 10.1. The highest BCUT2D eigenvalue weighted by molar-refractivity contribution is 7.98. The molecule has 1 amide bonds. The number of carbonyl (C=O) groups excluding carboxylic acids is 1. The van der Waals surface area contributed by atoms with Crippen molar-refractivity contribution >= 4 is 28.4 Å². The molecule has 0 fully saturated rings. The van der Waals surface area contributed by atoms with Crippen LogP contribution in [0, 0.1) is 11.8 Å². The monoisotopic (exact) mass is 361 g/mol. The maximum Gasteiger partial charge on any atom is 0.253 e. The fraction of sp³-hybridized carbons (Fsp3) is 0.136. The number of rotatable bonds is 5. The molecule has 4 heteroatoms. The van der Waals surface area contributed by atoms with Crippen LogP contribution in [0.15, 0.2) is 71.6 Å². The molecule has 3 nitrogen and oxygen atoms in total. The molecule has 0 aliphatic carbocycles. The maximum absolute atomic E-state index is 12.2. The summed E-state index contributed by atoms with van der Waals surface area (Å²) in [5, 5.41) is 5.03. The number of amides is 1. The Bertz CT molecular complexity index is 967. The van der Waals surface area contributed by atoms with Gasteiger partial charge in [-0.1, -0.05) is 60.4 Å². The molecule has 0 spiro atoms. The third-order valence-corrected chi connectivity index (χ3v) is 4.66. The molecule has 130 valence electrons. The van der Waals surface area contributed by atoms with Gasteiger partial charge in [-0.25, -0.2) is 0 Å². The number of hydrogen-bond acceptors (Lipinski definition) is 3. The predicted octanol–water partition coefficient (Wildman–Crippen LogP) is 4.37. The van der Waals surface area contributed by atoms with Crippen LogP contribution in [0.5, 0.6) is 5.75 Å². The van der Waals surface area contributed by atoms with Crippen molar-refractivity contribution in [1.82, 2.24) is 5.32 Å². The molecule has 3 aromatic carbocycles. The van der Waals surface area contributed by atoms with Crippen LogP contribution in [0.1, 0.15) is 10.4 Å². The largest absolute Gasteiger partial charge is 0.480 e. The molecular weight excluding hydrogens is 342 g/mol. The smallest absolute Gasteiger partial charge is 0.253 e. The number of fused-ring (bicyclic) bond motifs is 1. The molecule has 0 radical (unpaired) electrons. The summed E-state index contributed by atoms with van der Waals surface area (Å²) >= 11 is 1.55. The Morgan fingerprint density at radius 1 is 1.00 bits per heavy atom. The first-order valence-electron chi connectivity index (χ1n) is 8.27. The second-order valence-corrected chi connectivity index (χ2v) is 6.35. The van der Waals surface area contributed by atoms with Gasteiger partial charge in [0.25, 0.3) is 5.91 Å². The van der Waals surface area contributed by atoms with E-state index in [-0.39, 0.29) is 12.5 Å². The van der Waals surface area contributed by atoms with E-state index in [1.807, 2.05) is 60.9 Å². The first kappa shape index (κ1) is 17.9. The third-order valence-electron chi connectivity index (χ3n) is 3.86. The maximum atomic E-state index is 12.2. The van der Waals surface area contributed by atoms with Gasteiger partial charge in [-0.2, -0.15) is 0 Å². The van der Waals surface area contributed by atoms with E-state index in [0.29, 0.717) is 12.1 Å². The van der Waals surface area contributed by atoms with E-state index in [4.69, 9.17) is 4.74 Å². The van der Waals surface area contributed by atoms with E-state index in [0.717, 1.165) is 21.4 Å². The van der Waals surface area contributed by atoms with Gasteiger partial charge >= 0.3 is 0 Å². The van der Waals surface area contributed by atoms with Crippen molar-refractivity contribution in [3.05, 3.63) is 72.3 Å². The average molecular weight is 361 g/mol. The van der Waals surface area contributed by atoms with Gasteiger partial charge in [-0.15, -0.1) is 11.8 Å². The number of thioether (sulfide) groups is 1. The van der Waals surface area contributed by atoms with Gasteiger partial charge < -0.3 is 10.1 Å². The van der Waals surface area contributed by atoms with Crippen molar-refractivity contribution < 1.29 is 9.53 Å². The van der Waals surface area contributed by atoms with E-state index < -0.39 is 0 Å². The summed E-state index contributed by atoms with van der Waals surface area (Å²) in [7, 11) is 0. The SMILES string of the molecule is CSc1ccccc1C(=O)NCC#CCOc1cccc2ccccc12. The average Bonchev–Trinajstić information content (AvgIpc) is 2.70. The van der Waals surface area contributed by atoms with Gasteiger partial charge in [0.1, 0.15) is 12.4 Å². The lowest BCUT2D eigenvalue weighted by Gasteiger charge is -2.06. The van der Waals surface area contributed by atoms with E-state index >= 15 is 0 Å². The number of nitrogens with one attached hydrogen (secondary N) is 1. The number of hydrogen-bond donors (Lipinski definition) is 1. The highest BCUT2D eigenvalue weighted by Gasteiger charge is 2.08. The molecule has 1 N–H and O–H groups in total. The Morgan fingerprint density at radius 3 is 2.65 bits per heavy atom. The predicted molar refractivity (Wildman–Crippen MR) is 108 cm³/mol. The van der Waals surface area contributed by atoms with Gasteiger partial charge in [0, 0.05) is 10.3 Å². The number of benzene rings is 3. The molecule has 0 aromatic heterocycles. The summed E-state index contributed by atoms with van der Waals surface area (Å²) in [5.41, 5.74) is 0.675. The van der Waals surface area contributed by atoms with Crippen molar-refractivity contribution in [2.75, 3.05) is 19.4 Å². The Hall–Kier alpha value is -2.90. The van der Waals surface area contributed by atoms with Gasteiger partial charge in [0.05, 0.1) is 12.1 Å². The van der Waals surface area contributed by atoms with E-state index in [1.165, 1.54) is 0 Å². The van der Waals surface area contributed by atoms with E-state index in [1.54, 1.807) is 11.8 Å². The minimum absolute atomic E-state index is 0.112. The van der Waals surface area contributed by atoms with E-state index in [9.17, 15) is 4.79 Å². The normalized spacial score (nSPS) is 10.0. The highest BCUT2D eigenvalue weighted by atomic mass is 32.2. The second-order valence-electron chi connectivity index (χ2n) is 5.50. The number of ether oxygens (including phenoxy) is 1. The van der Waals surface area contributed by atoms with Gasteiger partial charge in [0.2, 0.25) is 0 Å². The second kappa shape index (κ2) is 8.98. The standard InChI is InChI=1S/C22H19NO2S/c1-26-21-14-5-4-12-19(21)22(24)23-15-6-7-16-25-20-13-8-10-17-9-2-3-11-18(17)20/h2-5,8-14H,15-16H2,1H3,(H,23,24). The quantitative estimate of drug-likeness (QED) is 0.542. The fourth-order valence-electron chi connectivity index (χ4n) is 2.60. The summed E-state index contributed by atoms with van der Waals surface area (Å²) < 4.78 is 5.76. The summed E-state index contributed by atoms with van der Waals surface area (Å²) in [4.78, 5) is 13.2. The topological polar surface area (TPSA) is 38.3 Å². The molecule has 0 bridgehead atoms. The van der Waals surface area contributed by atoms with Gasteiger partial charge in [0.15, 0.2) is 0 Å². The van der Waals surface area contributed by atoms with Crippen LogP contribution < -0.4 is 10.1 Å². The molecule has 0 atom stereocenters. The van der Waals surface area contributed by atoms with Crippen LogP contribution in [-0.2, 0) is 0 Å². The summed E-state index contributed by atoms with van der Waals surface area (Å²) in [6, 6.07) is 21.6. The first-order valence-corrected chi connectivity index (χ1v) is 9.49. The summed E-state index contributed by atoms with van der Waals surface area (Å²) in [6.45, 7) is 0.575. The third kappa shape index (κ3) is 4.38. The van der Waals surface area contributed by atoms with Crippen molar-refractivity contribution in [2.24, 2.45) is 0 Å².